The molecule has 0 radical (unpaired) electrons. The third kappa shape index (κ3) is 4.66. The van der Waals surface area contributed by atoms with Gasteiger partial charge in [-0.05, 0) is 93.9 Å². The van der Waals surface area contributed by atoms with Crippen LogP contribution in [0.5, 0.6) is 5.75 Å². The molecule has 0 fully saturated rings. The van der Waals surface area contributed by atoms with Gasteiger partial charge in [-0.1, -0.05) is 117 Å². The average Bonchev–Trinajstić information content (AvgIpc) is 3.90. The predicted molar refractivity (Wildman–Crippen MR) is 221 cm³/mol. The second-order valence-electron chi connectivity index (χ2n) is 15.1. The molecule has 1 aromatic heterocycles. The molecule has 0 spiro atoms. The van der Waals surface area contributed by atoms with Gasteiger partial charge in [0.15, 0.2) is 5.58 Å². The van der Waals surface area contributed by atoms with Gasteiger partial charge >= 0.3 is 0 Å². The molecule has 2 heterocycles. The molecular weight excluding hydrogens is 661 g/mol. The van der Waals surface area contributed by atoms with Crippen LogP contribution in [0.2, 0.25) is 0 Å². The fraction of sp³-hybridized carbons (Fsp3) is 0.100. The Hall–Kier alpha value is -6.65. The van der Waals surface area contributed by atoms with Gasteiger partial charge in [0.1, 0.15) is 17.4 Å². The molecule has 0 saturated carbocycles. The third-order valence-corrected chi connectivity index (χ3v) is 11.6. The molecule has 8 aromatic rings. The van der Waals surface area contributed by atoms with E-state index in [1.807, 2.05) is 30.3 Å². The maximum Gasteiger partial charge on any atom is 0.227 e. The van der Waals surface area contributed by atoms with Gasteiger partial charge < -0.3 is 14.1 Å². The minimum Gasteiger partial charge on any atom is -0.485 e. The molecule has 11 rings (SSSR count). The molecule has 0 bridgehead atoms. The minimum absolute atomic E-state index is 0.0650. The summed E-state index contributed by atoms with van der Waals surface area (Å²) < 4.78 is 12.9. The molecule has 2 aliphatic carbocycles. The van der Waals surface area contributed by atoms with Crippen molar-refractivity contribution in [1.82, 2.24) is 4.98 Å². The number of nitrogens with zero attached hydrogens (tertiary/aromatic N) is 2. The molecule has 7 aromatic carbocycles. The van der Waals surface area contributed by atoms with Crippen molar-refractivity contribution in [2.45, 2.75) is 31.8 Å². The number of ether oxygens (including phenoxy) is 1. The Morgan fingerprint density at radius 2 is 1.35 bits per heavy atom. The summed E-state index contributed by atoms with van der Waals surface area (Å²) in [6.07, 6.45) is 7.50. The molecule has 0 amide bonds. The van der Waals surface area contributed by atoms with Gasteiger partial charge in [0.25, 0.3) is 0 Å². The first-order chi connectivity index (χ1) is 26.5. The van der Waals surface area contributed by atoms with Gasteiger partial charge in [0.05, 0.1) is 0 Å². The molecule has 4 heteroatoms. The molecule has 258 valence electrons. The maximum absolute atomic E-state index is 6.52. The fourth-order valence-electron chi connectivity index (χ4n) is 8.87. The first-order valence-electron chi connectivity index (χ1n) is 18.7. The fourth-order valence-corrected chi connectivity index (χ4v) is 8.87. The van der Waals surface area contributed by atoms with E-state index < -0.39 is 0 Å². The van der Waals surface area contributed by atoms with Crippen LogP contribution in [-0.4, -0.2) is 11.1 Å². The van der Waals surface area contributed by atoms with Crippen LogP contribution in [0.3, 0.4) is 0 Å². The van der Waals surface area contributed by atoms with E-state index in [0.29, 0.717) is 5.89 Å². The van der Waals surface area contributed by atoms with E-state index in [2.05, 4.69) is 152 Å². The van der Waals surface area contributed by atoms with Crippen LogP contribution in [0.4, 0.5) is 17.1 Å². The van der Waals surface area contributed by atoms with E-state index >= 15 is 0 Å². The highest BCUT2D eigenvalue weighted by atomic mass is 16.5. The zero-order valence-corrected chi connectivity index (χ0v) is 30.1. The first-order valence-corrected chi connectivity index (χ1v) is 18.7. The zero-order valence-electron chi connectivity index (χ0n) is 30.1. The lowest BCUT2D eigenvalue weighted by atomic mass is 9.82. The highest BCUT2D eigenvalue weighted by Gasteiger charge is 2.36. The smallest absolute Gasteiger partial charge is 0.227 e. The number of hydrogen-bond donors (Lipinski definition) is 0. The van der Waals surface area contributed by atoms with Gasteiger partial charge in [0.2, 0.25) is 5.89 Å². The maximum atomic E-state index is 6.52. The standard InChI is InChI=1S/C50H36N2O2/c1-50(2)43-18-10-8-16-38(43)41-29-35(24-26-44(41)50)52(36-25-27-46-42(30-36)39-17-9-11-19-45(39)53-46)34-22-20-31(21-23-34)40-28-33-14-6-7-15-37(33)48-47(40)51-49(54-48)32-12-4-3-5-13-32/h3-18,20-30,45H,19H2,1-2H3. The SMILES string of the molecule is CC1(C)c2ccccc2-c2cc(N(c3ccc(-c4cc5ccccc5c5oc(-c6ccccc6)nc45)cc3)c3ccc4c(c3)C3=CC=CCC3O4)ccc21. The van der Waals surface area contributed by atoms with Gasteiger partial charge in [-0.25, -0.2) is 4.98 Å². The van der Waals surface area contributed by atoms with Gasteiger partial charge in [-0.3, -0.25) is 0 Å². The van der Waals surface area contributed by atoms with E-state index in [1.54, 1.807) is 0 Å². The molecule has 0 N–H and O–H groups in total. The molecular formula is C50H36N2O2. The van der Waals surface area contributed by atoms with Crippen LogP contribution in [-0.2, 0) is 5.41 Å². The van der Waals surface area contributed by atoms with E-state index in [4.69, 9.17) is 14.1 Å². The Bertz CT molecular complexity index is 2860. The number of hydrogen-bond acceptors (Lipinski definition) is 4. The van der Waals surface area contributed by atoms with E-state index in [0.717, 1.165) is 73.4 Å². The number of allylic oxidation sites excluding steroid dienone is 2. The van der Waals surface area contributed by atoms with Crippen molar-refractivity contribution in [1.29, 1.82) is 0 Å². The first kappa shape index (κ1) is 30.9. The largest absolute Gasteiger partial charge is 0.485 e. The highest BCUT2D eigenvalue weighted by Crippen LogP contribution is 2.51. The van der Waals surface area contributed by atoms with Crippen LogP contribution in [0.15, 0.2) is 168 Å². The topological polar surface area (TPSA) is 38.5 Å². The van der Waals surface area contributed by atoms with Crippen molar-refractivity contribution < 1.29 is 9.15 Å². The number of rotatable bonds is 5. The minimum atomic E-state index is -0.0650. The van der Waals surface area contributed by atoms with E-state index in [1.165, 1.54) is 27.8 Å². The van der Waals surface area contributed by atoms with Gasteiger partial charge in [-0.2, -0.15) is 0 Å². The molecule has 54 heavy (non-hydrogen) atoms. The zero-order chi connectivity index (χ0) is 36.0. The Morgan fingerprint density at radius 1 is 0.630 bits per heavy atom. The summed E-state index contributed by atoms with van der Waals surface area (Å²) >= 11 is 0. The monoisotopic (exact) mass is 696 g/mol. The summed E-state index contributed by atoms with van der Waals surface area (Å²) in [5.74, 6) is 1.57. The Labute approximate surface area is 314 Å². The van der Waals surface area contributed by atoms with Gasteiger partial charge in [-0.15, -0.1) is 0 Å². The van der Waals surface area contributed by atoms with Crippen LogP contribution in [0.1, 0.15) is 37.0 Å². The summed E-state index contributed by atoms with van der Waals surface area (Å²) in [6, 6.07) is 52.1. The quantitative estimate of drug-likeness (QED) is 0.180. The lowest BCUT2D eigenvalue weighted by Gasteiger charge is -2.27. The molecule has 1 unspecified atom stereocenters. The van der Waals surface area contributed by atoms with Crippen LogP contribution >= 0.6 is 0 Å². The van der Waals surface area contributed by atoms with Crippen molar-refractivity contribution in [2.24, 2.45) is 0 Å². The summed E-state index contributed by atoms with van der Waals surface area (Å²) in [5, 5.41) is 2.18. The number of oxazole rings is 1. The van der Waals surface area contributed by atoms with Crippen molar-refractivity contribution in [3.05, 3.63) is 181 Å². The lowest BCUT2D eigenvalue weighted by Crippen LogP contribution is -2.15. The van der Waals surface area contributed by atoms with E-state index in [-0.39, 0.29) is 11.5 Å². The average molecular weight is 697 g/mol. The van der Waals surface area contributed by atoms with Crippen molar-refractivity contribution in [3.8, 4) is 39.5 Å². The Kier molecular flexibility index (Phi) is 6.69. The molecule has 0 saturated heterocycles. The third-order valence-electron chi connectivity index (χ3n) is 11.6. The number of anilines is 3. The second-order valence-corrected chi connectivity index (χ2v) is 15.1. The Balaban J connectivity index is 1.07. The second kappa shape index (κ2) is 11.7. The van der Waals surface area contributed by atoms with Gasteiger partial charge in [0, 0.05) is 56.5 Å². The summed E-state index contributed by atoms with van der Waals surface area (Å²) in [5.41, 5.74) is 15.7. The van der Waals surface area contributed by atoms with Crippen molar-refractivity contribution in [2.75, 3.05) is 4.90 Å². The molecule has 1 aliphatic heterocycles. The molecule has 1 atom stereocenters. The normalized spacial score (nSPS) is 16.0. The summed E-state index contributed by atoms with van der Waals surface area (Å²) in [6.45, 7) is 4.66. The Morgan fingerprint density at radius 3 is 2.22 bits per heavy atom. The summed E-state index contributed by atoms with van der Waals surface area (Å²) in [7, 11) is 0. The van der Waals surface area contributed by atoms with Crippen molar-refractivity contribution >= 4 is 44.5 Å². The highest BCUT2D eigenvalue weighted by molar-refractivity contribution is 6.10. The lowest BCUT2D eigenvalue weighted by molar-refractivity contribution is 0.279. The van der Waals surface area contributed by atoms with Crippen molar-refractivity contribution in [3.63, 3.8) is 0 Å². The number of benzene rings is 7. The van der Waals surface area contributed by atoms with E-state index in [9.17, 15) is 0 Å². The van der Waals surface area contributed by atoms with Crippen LogP contribution in [0.25, 0.3) is 61.2 Å². The summed E-state index contributed by atoms with van der Waals surface area (Å²) in [4.78, 5) is 7.47. The van der Waals surface area contributed by atoms with Crippen LogP contribution < -0.4 is 9.64 Å². The molecule has 4 nitrogen and oxygen atoms in total. The predicted octanol–water partition coefficient (Wildman–Crippen LogP) is 13.2. The number of fused-ring (bicyclic) bond motifs is 9. The number of aromatic nitrogens is 1. The molecule has 3 aliphatic rings. The van der Waals surface area contributed by atoms with Crippen LogP contribution in [0, 0.1) is 0 Å².